The van der Waals surface area contributed by atoms with Crippen LogP contribution in [0.25, 0.3) is 11.1 Å². The number of hydrogen-bond acceptors (Lipinski definition) is 3. The molecule has 0 aliphatic rings. The number of benzene rings is 2. The van der Waals surface area contributed by atoms with Crippen molar-refractivity contribution in [2.45, 2.75) is 19.9 Å². The molecule has 0 aliphatic heterocycles. The van der Waals surface area contributed by atoms with Crippen LogP contribution < -0.4 is 11.0 Å². The van der Waals surface area contributed by atoms with Crippen LogP contribution in [-0.2, 0) is 0 Å². The lowest BCUT2D eigenvalue weighted by molar-refractivity contribution is 0.0938. The summed E-state index contributed by atoms with van der Waals surface area (Å²) in [6, 6.07) is 15.1. The van der Waals surface area contributed by atoms with Gasteiger partial charge in [0.25, 0.3) is 5.91 Å². The fourth-order valence-electron chi connectivity index (χ4n) is 2.56. The zero-order chi connectivity index (χ0) is 17.1. The highest BCUT2D eigenvalue weighted by Gasteiger charge is 2.15. The Morgan fingerprint density at radius 2 is 1.96 bits per heavy atom. The van der Waals surface area contributed by atoms with E-state index in [0.717, 1.165) is 16.7 Å². The van der Waals surface area contributed by atoms with E-state index in [9.17, 15) is 9.59 Å². The number of aryl methyl sites for hydroxylation is 1. The van der Waals surface area contributed by atoms with Crippen LogP contribution >= 0.6 is 0 Å². The van der Waals surface area contributed by atoms with Gasteiger partial charge in [0.05, 0.1) is 6.04 Å². The maximum absolute atomic E-state index is 12.5. The van der Waals surface area contributed by atoms with Gasteiger partial charge in [-0.25, -0.2) is 9.89 Å². The molecule has 0 spiro atoms. The van der Waals surface area contributed by atoms with Gasteiger partial charge in [0.2, 0.25) is 0 Å². The van der Waals surface area contributed by atoms with Gasteiger partial charge in [0.15, 0.2) is 5.82 Å². The van der Waals surface area contributed by atoms with Crippen molar-refractivity contribution in [1.82, 2.24) is 20.5 Å². The van der Waals surface area contributed by atoms with E-state index >= 15 is 0 Å². The number of H-pyrrole nitrogens is 2. The van der Waals surface area contributed by atoms with E-state index in [1.807, 2.05) is 49.4 Å². The number of nitrogens with one attached hydrogen (secondary N) is 3. The van der Waals surface area contributed by atoms with E-state index < -0.39 is 11.7 Å². The van der Waals surface area contributed by atoms with Crippen LogP contribution in [0.5, 0.6) is 0 Å². The highest BCUT2D eigenvalue weighted by atomic mass is 16.2. The van der Waals surface area contributed by atoms with E-state index in [1.54, 1.807) is 13.0 Å². The van der Waals surface area contributed by atoms with Gasteiger partial charge in [0.1, 0.15) is 0 Å². The van der Waals surface area contributed by atoms with Crippen LogP contribution in [0, 0.1) is 6.92 Å². The molecule has 3 N–H and O–H groups in total. The Balaban J connectivity index is 1.82. The summed E-state index contributed by atoms with van der Waals surface area (Å²) >= 11 is 0. The van der Waals surface area contributed by atoms with Gasteiger partial charge in [-0.15, -0.1) is 0 Å². The average Bonchev–Trinajstić information content (AvgIpc) is 3.02. The van der Waals surface area contributed by atoms with Crippen LogP contribution in [0.2, 0.25) is 0 Å². The molecule has 3 rings (SSSR count). The summed E-state index contributed by atoms with van der Waals surface area (Å²) in [5.74, 6) is 0.171. The summed E-state index contributed by atoms with van der Waals surface area (Å²) in [6.45, 7) is 3.80. The Kier molecular flexibility index (Phi) is 4.29. The van der Waals surface area contributed by atoms with Crippen molar-refractivity contribution in [2.75, 3.05) is 0 Å². The number of aromatic nitrogens is 3. The number of carbonyl (C=O) groups is 1. The molecule has 0 aliphatic carbocycles. The lowest BCUT2D eigenvalue weighted by atomic mass is 9.99. The summed E-state index contributed by atoms with van der Waals surface area (Å²) < 4.78 is 0. The minimum atomic E-state index is -0.404. The number of amides is 1. The van der Waals surface area contributed by atoms with Crippen LogP contribution in [0.15, 0.2) is 53.3 Å². The van der Waals surface area contributed by atoms with Crippen molar-refractivity contribution in [3.63, 3.8) is 0 Å². The molecule has 1 amide bonds. The molecule has 1 aromatic heterocycles. The van der Waals surface area contributed by atoms with Crippen molar-refractivity contribution >= 4 is 5.91 Å². The topological polar surface area (TPSA) is 90.6 Å². The second-order valence-corrected chi connectivity index (χ2v) is 5.65. The van der Waals surface area contributed by atoms with E-state index in [-0.39, 0.29) is 5.91 Å². The standard InChI is InChI=1S/C18H18N4O2/c1-11-6-3-4-9-15(11)13-7-5-8-14(10-13)17(23)19-12(2)16-20-18(24)22-21-16/h3-10,12H,1-2H3,(H,19,23)(H2,20,21,22,24). The van der Waals surface area contributed by atoms with Crippen molar-refractivity contribution in [2.24, 2.45) is 0 Å². The number of nitrogens with zero attached hydrogens (tertiary/aromatic N) is 1. The zero-order valence-electron chi connectivity index (χ0n) is 13.5. The SMILES string of the molecule is Cc1ccccc1-c1cccc(C(=O)NC(C)c2n[nH]c(=O)[nH]2)c1. The van der Waals surface area contributed by atoms with Gasteiger partial charge >= 0.3 is 5.69 Å². The fraction of sp³-hybridized carbons (Fsp3) is 0.167. The third kappa shape index (κ3) is 3.27. The fourth-order valence-corrected chi connectivity index (χ4v) is 2.56. The number of rotatable bonds is 4. The molecular weight excluding hydrogens is 304 g/mol. The smallest absolute Gasteiger partial charge is 0.340 e. The van der Waals surface area contributed by atoms with Crippen LogP contribution in [0.4, 0.5) is 0 Å². The zero-order valence-corrected chi connectivity index (χ0v) is 13.5. The van der Waals surface area contributed by atoms with Crippen LogP contribution in [0.1, 0.15) is 34.7 Å². The molecule has 1 unspecified atom stereocenters. The first-order valence-electron chi connectivity index (χ1n) is 7.66. The Hall–Kier alpha value is -3.15. The van der Waals surface area contributed by atoms with Crippen LogP contribution in [0.3, 0.4) is 0 Å². The maximum Gasteiger partial charge on any atom is 0.340 e. The number of hydrogen-bond donors (Lipinski definition) is 3. The second-order valence-electron chi connectivity index (χ2n) is 5.65. The monoisotopic (exact) mass is 322 g/mol. The molecule has 122 valence electrons. The Morgan fingerprint density at radius 3 is 2.67 bits per heavy atom. The molecule has 6 nitrogen and oxygen atoms in total. The summed E-state index contributed by atoms with van der Waals surface area (Å²) in [5.41, 5.74) is 3.39. The molecule has 2 aromatic carbocycles. The predicted octanol–water partition coefficient (Wildman–Crippen LogP) is 2.56. The van der Waals surface area contributed by atoms with Crippen molar-refractivity contribution < 1.29 is 4.79 Å². The highest BCUT2D eigenvalue weighted by molar-refractivity contribution is 5.95. The van der Waals surface area contributed by atoms with E-state index in [0.29, 0.717) is 11.4 Å². The Labute approximate surface area is 138 Å². The van der Waals surface area contributed by atoms with Gasteiger partial charge in [-0.1, -0.05) is 36.4 Å². The third-order valence-electron chi connectivity index (χ3n) is 3.86. The largest absolute Gasteiger partial charge is 0.342 e. The van der Waals surface area contributed by atoms with Crippen molar-refractivity contribution in [3.05, 3.63) is 76.0 Å². The number of carbonyl (C=O) groups excluding carboxylic acids is 1. The molecule has 24 heavy (non-hydrogen) atoms. The molecule has 0 radical (unpaired) electrons. The minimum Gasteiger partial charge on any atom is -0.342 e. The molecule has 1 heterocycles. The van der Waals surface area contributed by atoms with E-state index in [1.165, 1.54) is 0 Å². The molecule has 6 heteroatoms. The molecule has 3 aromatic rings. The lowest BCUT2D eigenvalue weighted by Crippen LogP contribution is -2.27. The first kappa shape index (κ1) is 15.7. The molecule has 0 fully saturated rings. The molecule has 0 bridgehead atoms. The average molecular weight is 322 g/mol. The molecular formula is C18H18N4O2. The highest BCUT2D eigenvalue weighted by Crippen LogP contribution is 2.24. The maximum atomic E-state index is 12.5. The van der Waals surface area contributed by atoms with E-state index in [4.69, 9.17) is 0 Å². The second kappa shape index (κ2) is 6.54. The van der Waals surface area contributed by atoms with Gasteiger partial charge in [-0.05, 0) is 42.7 Å². The van der Waals surface area contributed by atoms with Crippen molar-refractivity contribution in [3.8, 4) is 11.1 Å². The van der Waals surface area contributed by atoms with Gasteiger partial charge in [-0.2, -0.15) is 5.10 Å². The first-order valence-corrected chi connectivity index (χ1v) is 7.66. The van der Waals surface area contributed by atoms with Gasteiger partial charge < -0.3 is 5.32 Å². The van der Waals surface area contributed by atoms with Crippen LogP contribution in [-0.4, -0.2) is 21.1 Å². The number of aromatic amines is 2. The normalized spacial score (nSPS) is 11.9. The minimum absolute atomic E-state index is 0.221. The van der Waals surface area contributed by atoms with Crippen molar-refractivity contribution in [1.29, 1.82) is 0 Å². The molecule has 0 saturated carbocycles. The third-order valence-corrected chi connectivity index (χ3v) is 3.86. The van der Waals surface area contributed by atoms with Gasteiger partial charge in [-0.3, -0.25) is 9.78 Å². The summed E-state index contributed by atoms with van der Waals surface area (Å²) in [5, 5.41) is 8.95. The first-order chi connectivity index (χ1) is 11.5. The van der Waals surface area contributed by atoms with Gasteiger partial charge in [0, 0.05) is 5.56 Å². The summed E-state index contributed by atoms with van der Waals surface area (Å²) in [4.78, 5) is 26.1. The predicted molar refractivity (Wildman–Crippen MR) is 91.7 cm³/mol. The summed E-state index contributed by atoms with van der Waals surface area (Å²) in [6.07, 6.45) is 0. The Bertz CT molecular complexity index is 926. The Morgan fingerprint density at radius 1 is 1.17 bits per heavy atom. The van der Waals surface area contributed by atoms with E-state index in [2.05, 4.69) is 20.5 Å². The molecule has 1 atom stereocenters. The summed E-state index contributed by atoms with van der Waals surface area (Å²) in [7, 11) is 0. The molecule has 0 saturated heterocycles. The lowest BCUT2D eigenvalue weighted by Gasteiger charge is -2.12. The quantitative estimate of drug-likeness (QED) is 0.689.